The van der Waals surface area contributed by atoms with Gasteiger partial charge in [-0.15, -0.1) is 0 Å². The Morgan fingerprint density at radius 3 is 2.76 bits per heavy atom. The molecule has 5 rings (SSSR count). The average molecular weight is 409 g/mol. The normalized spacial score (nSPS) is 17.2. The summed E-state index contributed by atoms with van der Waals surface area (Å²) in [4.78, 5) is 21.7. The lowest BCUT2D eigenvalue weighted by molar-refractivity contribution is 0.103. The minimum Gasteiger partial charge on any atom is -0.493 e. The molecule has 150 valence electrons. The minimum absolute atomic E-state index is 0.0773. The second-order valence-electron chi connectivity index (χ2n) is 7.61. The van der Waals surface area contributed by atoms with Crippen LogP contribution in [0.4, 0.5) is 0 Å². The van der Waals surface area contributed by atoms with Gasteiger partial charge < -0.3 is 4.74 Å². The molecule has 1 saturated heterocycles. The van der Waals surface area contributed by atoms with Gasteiger partial charge in [-0.2, -0.15) is 0 Å². The number of thiazole rings is 1. The zero-order valence-corrected chi connectivity index (χ0v) is 17.1. The molecule has 0 saturated carbocycles. The van der Waals surface area contributed by atoms with Gasteiger partial charge in [-0.1, -0.05) is 29.5 Å². The maximum absolute atomic E-state index is 12.4. The maximum Gasteiger partial charge on any atom is 0.308 e. The largest absolute Gasteiger partial charge is 0.493 e. The molecule has 1 fully saturated rings. The fraction of sp³-hybridized carbons (Fsp3) is 0.364. The molecule has 7 heteroatoms. The monoisotopic (exact) mass is 408 g/mol. The van der Waals surface area contributed by atoms with Crippen molar-refractivity contribution in [1.82, 2.24) is 19.4 Å². The Balaban J connectivity index is 1.21. The standard InChI is InChI=1S/C22H24N4O2S/c27-22-26(20(15-29-22)19-3-1-2-7-23-19)16-25-10-8-24(9-11-25)14-17-4-5-21-18(13-17)6-12-28-21/h1-5,7,13,15H,6,8-12,14,16H2. The fourth-order valence-corrected chi connectivity index (χ4v) is 4.81. The third-order valence-corrected chi connectivity index (χ3v) is 6.44. The number of nitrogens with zero attached hydrogens (tertiary/aromatic N) is 4. The molecule has 0 bridgehead atoms. The zero-order valence-electron chi connectivity index (χ0n) is 16.3. The van der Waals surface area contributed by atoms with Crippen LogP contribution in [-0.2, 0) is 19.6 Å². The van der Waals surface area contributed by atoms with Crippen molar-refractivity contribution in [3.63, 3.8) is 0 Å². The van der Waals surface area contributed by atoms with Crippen LogP contribution in [-0.4, -0.2) is 52.1 Å². The Hall–Kier alpha value is -2.48. The van der Waals surface area contributed by atoms with Crippen molar-refractivity contribution in [1.29, 1.82) is 0 Å². The molecule has 2 aliphatic rings. The summed E-state index contributed by atoms with van der Waals surface area (Å²) in [6.07, 6.45) is 2.79. The topological polar surface area (TPSA) is 50.6 Å². The van der Waals surface area contributed by atoms with E-state index in [0.717, 1.165) is 62.9 Å². The van der Waals surface area contributed by atoms with E-state index in [2.05, 4.69) is 33.0 Å². The Kier molecular flexibility index (Phi) is 5.18. The van der Waals surface area contributed by atoms with E-state index >= 15 is 0 Å². The summed E-state index contributed by atoms with van der Waals surface area (Å²) in [6, 6.07) is 12.4. The number of hydrogen-bond acceptors (Lipinski definition) is 6. The fourth-order valence-electron chi connectivity index (χ4n) is 4.06. The molecular weight excluding hydrogens is 384 g/mol. The average Bonchev–Trinajstić information content (AvgIpc) is 3.37. The highest BCUT2D eigenvalue weighted by Crippen LogP contribution is 2.26. The Labute approximate surface area is 174 Å². The molecule has 2 aliphatic heterocycles. The van der Waals surface area contributed by atoms with E-state index in [0.29, 0.717) is 6.67 Å². The van der Waals surface area contributed by atoms with E-state index in [4.69, 9.17) is 4.74 Å². The van der Waals surface area contributed by atoms with Gasteiger partial charge in [-0.25, -0.2) is 0 Å². The predicted octanol–water partition coefficient (Wildman–Crippen LogP) is 2.68. The van der Waals surface area contributed by atoms with Crippen LogP contribution in [0.5, 0.6) is 5.75 Å². The molecule has 4 heterocycles. The second-order valence-corrected chi connectivity index (χ2v) is 8.43. The molecule has 0 atom stereocenters. The first-order valence-electron chi connectivity index (χ1n) is 10.1. The van der Waals surface area contributed by atoms with Gasteiger partial charge in [0.1, 0.15) is 5.75 Å². The van der Waals surface area contributed by atoms with Gasteiger partial charge in [0.2, 0.25) is 0 Å². The van der Waals surface area contributed by atoms with Gasteiger partial charge >= 0.3 is 4.87 Å². The number of rotatable bonds is 5. The van der Waals surface area contributed by atoms with E-state index in [1.54, 1.807) is 6.20 Å². The SMILES string of the molecule is O=c1scc(-c2ccccn2)n1CN1CCN(Cc2ccc3c(c2)CCO3)CC1. The van der Waals surface area contributed by atoms with Crippen molar-refractivity contribution in [2.24, 2.45) is 0 Å². The third kappa shape index (κ3) is 3.99. The number of ether oxygens (including phenoxy) is 1. The van der Waals surface area contributed by atoms with E-state index in [1.807, 2.05) is 28.1 Å². The molecule has 3 aromatic rings. The van der Waals surface area contributed by atoms with Crippen LogP contribution in [0, 0.1) is 0 Å². The van der Waals surface area contributed by atoms with Crippen molar-refractivity contribution in [3.8, 4) is 17.1 Å². The van der Waals surface area contributed by atoms with E-state index in [9.17, 15) is 4.79 Å². The van der Waals surface area contributed by atoms with Crippen molar-refractivity contribution in [2.45, 2.75) is 19.6 Å². The van der Waals surface area contributed by atoms with E-state index < -0.39 is 0 Å². The van der Waals surface area contributed by atoms with Crippen LogP contribution in [0.25, 0.3) is 11.4 Å². The van der Waals surface area contributed by atoms with E-state index in [-0.39, 0.29) is 4.87 Å². The molecular formula is C22H24N4O2S. The molecule has 0 aliphatic carbocycles. The predicted molar refractivity (Wildman–Crippen MR) is 114 cm³/mol. The van der Waals surface area contributed by atoms with Gasteiger partial charge in [0.15, 0.2) is 0 Å². The van der Waals surface area contributed by atoms with E-state index in [1.165, 1.54) is 22.5 Å². The van der Waals surface area contributed by atoms with Crippen molar-refractivity contribution < 1.29 is 4.74 Å². The molecule has 1 aromatic carbocycles. The van der Waals surface area contributed by atoms with Crippen molar-refractivity contribution >= 4 is 11.3 Å². The molecule has 0 amide bonds. The second kappa shape index (κ2) is 8.10. The highest BCUT2D eigenvalue weighted by molar-refractivity contribution is 7.07. The molecule has 0 spiro atoms. The number of piperazine rings is 1. The number of fused-ring (bicyclic) bond motifs is 1. The first-order chi connectivity index (χ1) is 14.3. The van der Waals surface area contributed by atoms with Crippen LogP contribution in [0.2, 0.25) is 0 Å². The zero-order chi connectivity index (χ0) is 19.6. The summed E-state index contributed by atoms with van der Waals surface area (Å²) in [5.41, 5.74) is 4.45. The minimum atomic E-state index is 0.0773. The van der Waals surface area contributed by atoms with Crippen LogP contribution in [0.3, 0.4) is 0 Å². The Bertz CT molecular complexity index is 1040. The maximum atomic E-state index is 12.4. The molecule has 6 nitrogen and oxygen atoms in total. The van der Waals surface area contributed by atoms with Crippen LogP contribution >= 0.6 is 11.3 Å². The quantitative estimate of drug-likeness (QED) is 0.650. The van der Waals surface area contributed by atoms with Crippen molar-refractivity contribution in [2.75, 3.05) is 32.8 Å². The molecule has 29 heavy (non-hydrogen) atoms. The Morgan fingerprint density at radius 2 is 1.93 bits per heavy atom. The summed E-state index contributed by atoms with van der Waals surface area (Å²) in [7, 11) is 0. The summed E-state index contributed by atoms with van der Waals surface area (Å²) in [6.45, 7) is 6.32. The molecule has 0 N–H and O–H groups in total. The van der Waals surface area contributed by atoms with Gasteiger partial charge in [0, 0.05) is 50.7 Å². The summed E-state index contributed by atoms with van der Waals surface area (Å²) >= 11 is 1.25. The smallest absolute Gasteiger partial charge is 0.308 e. The molecule has 0 unspecified atom stereocenters. The molecule has 2 aromatic heterocycles. The van der Waals surface area contributed by atoms with Gasteiger partial charge in [0.05, 0.1) is 24.7 Å². The summed E-state index contributed by atoms with van der Waals surface area (Å²) in [5, 5.41) is 1.92. The first kappa shape index (κ1) is 18.5. The van der Waals surface area contributed by atoms with Gasteiger partial charge in [0.25, 0.3) is 0 Å². The number of pyridine rings is 1. The van der Waals surface area contributed by atoms with Crippen LogP contribution in [0.1, 0.15) is 11.1 Å². The Morgan fingerprint density at radius 1 is 1.07 bits per heavy atom. The van der Waals surface area contributed by atoms with Crippen molar-refractivity contribution in [3.05, 3.63) is 68.8 Å². The third-order valence-electron chi connectivity index (χ3n) is 5.68. The van der Waals surface area contributed by atoms with Gasteiger partial charge in [-0.3, -0.25) is 24.1 Å². The first-order valence-corrected chi connectivity index (χ1v) is 10.9. The lowest BCUT2D eigenvalue weighted by Gasteiger charge is -2.35. The lowest BCUT2D eigenvalue weighted by atomic mass is 10.1. The highest BCUT2D eigenvalue weighted by Gasteiger charge is 2.20. The summed E-state index contributed by atoms with van der Waals surface area (Å²) in [5.74, 6) is 1.04. The number of benzene rings is 1. The highest BCUT2D eigenvalue weighted by atomic mass is 32.1. The van der Waals surface area contributed by atoms with Crippen LogP contribution < -0.4 is 9.61 Å². The summed E-state index contributed by atoms with van der Waals surface area (Å²) < 4.78 is 7.46. The molecule has 0 radical (unpaired) electrons. The number of aromatic nitrogens is 2. The van der Waals surface area contributed by atoms with Gasteiger partial charge in [-0.05, 0) is 29.3 Å². The lowest BCUT2D eigenvalue weighted by Crippen LogP contribution is -2.47. The van der Waals surface area contributed by atoms with Crippen LogP contribution in [0.15, 0.2) is 52.8 Å². The number of hydrogen-bond donors (Lipinski definition) is 0.